The van der Waals surface area contributed by atoms with E-state index in [0.29, 0.717) is 9.50 Å². The first-order valence-corrected chi connectivity index (χ1v) is 6.75. The van der Waals surface area contributed by atoms with Crippen molar-refractivity contribution in [3.63, 3.8) is 0 Å². The molecule has 0 bridgehead atoms. The van der Waals surface area contributed by atoms with Gasteiger partial charge >= 0.3 is 0 Å². The van der Waals surface area contributed by atoms with Gasteiger partial charge in [0.2, 0.25) is 0 Å². The molecule has 2 rings (SSSR count). The maximum absolute atomic E-state index is 13.9. The molecule has 0 aliphatic heterocycles. The lowest BCUT2D eigenvalue weighted by molar-refractivity contribution is 0.487. The molecule has 1 unspecified atom stereocenters. The minimum Gasteiger partial charge on any atom is -0.207 e. The second-order valence-electron chi connectivity index (χ2n) is 4.50. The Kier molecular flexibility index (Phi) is 2.94. The summed E-state index contributed by atoms with van der Waals surface area (Å²) in [5.74, 6) is -0.173. The van der Waals surface area contributed by atoms with E-state index in [2.05, 4.69) is 31.9 Å². The van der Waals surface area contributed by atoms with Crippen LogP contribution >= 0.6 is 43.5 Å². The molecule has 0 N–H and O–H groups in total. The molecular formula is C11H10Br2ClF. The molecule has 0 saturated carbocycles. The van der Waals surface area contributed by atoms with Crippen molar-refractivity contribution in [2.24, 2.45) is 0 Å². The zero-order valence-electron chi connectivity index (χ0n) is 8.37. The van der Waals surface area contributed by atoms with Crippen molar-refractivity contribution in [2.75, 3.05) is 0 Å². The molecule has 1 aromatic carbocycles. The molecule has 0 nitrogen and oxygen atoms in total. The van der Waals surface area contributed by atoms with E-state index in [1.54, 1.807) is 0 Å². The highest BCUT2D eigenvalue weighted by Gasteiger charge is 2.40. The van der Waals surface area contributed by atoms with E-state index in [9.17, 15) is 4.39 Å². The van der Waals surface area contributed by atoms with Crippen molar-refractivity contribution in [2.45, 2.75) is 30.5 Å². The summed E-state index contributed by atoms with van der Waals surface area (Å²) in [6.45, 7) is 4.08. The molecule has 82 valence electrons. The number of hydrogen-bond acceptors (Lipinski definition) is 0. The van der Waals surface area contributed by atoms with E-state index in [-0.39, 0.29) is 16.1 Å². The van der Waals surface area contributed by atoms with Crippen LogP contribution in [0.3, 0.4) is 0 Å². The third kappa shape index (κ3) is 1.77. The number of halogens is 4. The lowest BCUT2D eigenvalue weighted by Gasteiger charge is -2.19. The first kappa shape index (κ1) is 11.9. The lowest BCUT2D eigenvalue weighted by atomic mass is 9.86. The fourth-order valence-corrected chi connectivity index (χ4v) is 4.34. The fraction of sp³-hybridized carbons (Fsp3) is 0.455. The molecule has 1 atom stereocenters. The van der Waals surface area contributed by atoms with Gasteiger partial charge in [0.15, 0.2) is 0 Å². The van der Waals surface area contributed by atoms with Gasteiger partial charge in [0.05, 0.1) is 5.02 Å². The Hall–Kier alpha value is 0.400. The minimum absolute atomic E-state index is 0.141. The van der Waals surface area contributed by atoms with E-state index >= 15 is 0 Å². The van der Waals surface area contributed by atoms with Gasteiger partial charge in [-0.2, -0.15) is 0 Å². The fourth-order valence-electron chi connectivity index (χ4n) is 2.25. The molecule has 0 radical (unpaired) electrons. The number of hydrogen-bond donors (Lipinski definition) is 0. The summed E-state index contributed by atoms with van der Waals surface area (Å²) in [5, 5.41) is 0.624. The van der Waals surface area contributed by atoms with Crippen LogP contribution in [-0.2, 0) is 5.41 Å². The molecular weight excluding hydrogens is 346 g/mol. The van der Waals surface area contributed by atoms with Crippen LogP contribution in [0.1, 0.15) is 36.2 Å². The maximum atomic E-state index is 13.9. The maximum Gasteiger partial charge on any atom is 0.128 e. The third-order valence-corrected chi connectivity index (χ3v) is 4.93. The van der Waals surface area contributed by atoms with E-state index in [1.165, 1.54) is 6.07 Å². The Morgan fingerprint density at radius 2 is 2.13 bits per heavy atom. The first-order chi connectivity index (χ1) is 6.84. The van der Waals surface area contributed by atoms with Gasteiger partial charge < -0.3 is 0 Å². The van der Waals surface area contributed by atoms with Crippen LogP contribution in [0.4, 0.5) is 4.39 Å². The lowest BCUT2D eigenvalue weighted by Crippen LogP contribution is -2.14. The van der Waals surface area contributed by atoms with Crippen molar-refractivity contribution in [1.29, 1.82) is 0 Å². The predicted octanol–water partition coefficient (Wildman–Crippen LogP) is 5.36. The second-order valence-corrected chi connectivity index (χ2v) is 6.84. The molecule has 0 heterocycles. The van der Waals surface area contributed by atoms with Crippen LogP contribution in [0.5, 0.6) is 0 Å². The molecule has 0 spiro atoms. The first-order valence-electron chi connectivity index (χ1n) is 4.66. The van der Waals surface area contributed by atoms with Crippen molar-refractivity contribution < 1.29 is 4.39 Å². The Morgan fingerprint density at radius 3 is 2.73 bits per heavy atom. The van der Waals surface area contributed by atoms with E-state index in [0.717, 1.165) is 17.5 Å². The highest BCUT2D eigenvalue weighted by molar-refractivity contribution is 9.10. The van der Waals surface area contributed by atoms with Gasteiger partial charge in [-0.1, -0.05) is 41.4 Å². The zero-order chi connectivity index (χ0) is 11.4. The van der Waals surface area contributed by atoms with Crippen LogP contribution in [0.15, 0.2) is 10.5 Å². The van der Waals surface area contributed by atoms with Crippen molar-refractivity contribution in [3.8, 4) is 0 Å². The Bertz CT molecular complexity index is 429. The molecule has 0 aromatic heterocycles. The largest absolute Gasteiger partial charge is 0.207 e. The molecule has 0 fully saturated rings. The summed E-state index contributed by atoms with van der Waals surface area (Å²) in [5.41, 5.74) is 1.49. The Morgan fingerprint density at radius 1 is 1.53 bits per heavy atom. The molecule has 4 heteroatoms. The van der Waals surface area contributed by atoms with Crippen LogP contribution in [0, 0.1) is 5.82 Å². The molecule has 1 aromatic rings. The van der Waals surface area contributed by atoms with Crippen molar-refractivity contribution >= 4 is 43.5 Å². The highest BCUT2D eigenvalue weighted by atomic mass is 79.9. The van der Waals surface area contributed by atoms with E-state index in [1.807, 2.05) is 13.8 Å². The summed E-state index contributed by atoms with van der Waals surface area (Å²) in [6.07, 6.45) is 0.870. The van der Waals surface area contributed by atoms with Crippen molar-refractivity contribution in [1.82, 2.24) is 0 Å². The molecule has 15 heavy (non-hydrogen) atoms. The van der Waals surface area contributed by atoms with Gasteiger partial charge in [-0.25, -0.2) is 4.39 Å². The quantitative estimate of drug-likeness (QED) is 0.434. The molecule has 1 aliphatic rings. The zero-order valence-corrected chi connectivity index (χ0v) is 12.3. The number of fused-ring (bicyclic) bond motifs is 1. The average Bonchev–Trinajstić information content (AvgIpc) is 2.32. The number of rotatable bonds is 0. The third-order valence-electron chi connectivity index (χ3n) is 2.89. The molecule has 1 aliphatic carbocycles. The van der Waals surface area contributed by atoms with Gasteiger partial charge in [-0.05, 0) is 45.0 Å². The summed E-state index contributed by atoms with van der Waals surface area (Å²) in [6, 6.07) is 1.45. The summed E-state index contributed by atoms with van der Waals surface area (Å²) >= 11 is 13.0. The number of alkyl halides is 1. The number of benzene rings is 1. The van der Waals surface area contributed by atoms with Gasteiger partial charge in [-0.15, -0.1) is 0 Å². The van der Waals surface area contributed by atoms with Gasteiger partial charge in [0, 0.05) is 9.30 Å². The average molecular weight is 356 g/mol. The highest BCUT2D eigenvalue weighted by Crippen LogP contribution is 2.53. The monoisotopic (exact) mass is 354 g/mol. The topological polar surface area (TPSA) is 0 Å². The Labute approximate surface area is 110 Å². The van der Waals surface area contributed by atoms with Crippen molar-refractivity contribution in [3.05, 3.63) is 32.5 Å². The van der Waals surface area contributed by atoms with Gasteiger partial charge in [-0.3, -0.25) is 0 Å². The summed E-state index contributed by atoms with van der Waals surface area (Å²) in [7, 11) is 0. The van der Waals surface area contributed by atoms with Crippen LogP contribution in [-0.4, -0.2) is 0 Å². The normalized spacial score (nSPS) is 22.9. The summed E-state index contributed by atoms with van der Waals surface area (Å²) < 4.78 is 14.5. The second kappa shape index (κ2) is 3.71. The van der Waals surface area contributed by atoms with E-state index < -0.39 is 0 Å². The smallest absolute Gasteiger partial charge is 0.128 e. The van der Waals surface area contributed by atoms with Gasteiger partial charge in [0.25, 0.3) is 0 Å². The Balaban J connectivity index is 2.78. The van der Waals surface area contributed by atoms with Crippen LogP contribution in [0.2, 0.25) is 5.02 Å². The SMILES string of the molecule is CC1(C)CC(Br)c2c(Cl)c(Br)cc(F)c21. The van der Waals surface area contributed by atoms with E-state index in [4.69, 9.17) is 11.6 Å². The standard InChI is InChI=1S/C11H10Br2ClF/c1-11(2)4-6(13)8-9(11)7(15)3-5(12)10(8)14/h3,6H,4H2,1-2H3. The van der Waals surface area contributed by atoms with Crippen LogP contribution < -0.4 is 0 Å². The minimum atomic E-state index is -0.173. The van der Waals surface area contributed by atoms with Gasteiger partial charge in [0.1, 0.15) is 5.82 Å². The van der Waals surface area contributed by atoms with Crippen LogP contribution in [0.25, 0.3) is 0 Å². The molecule has 0 amide bonds. The molecule has 0 saturated heterocycles. The predicted molar refractivity (Wildman–Crippen MR) is 68.4 cm³/mol. The summed E-state index contributed by atoms with van der Waals surface area (Å²) in [4.78, 5) is 0.141.